The number of aromatic nitrogens is 1. The van der Waals surface area contributed by atoms with Crippen molar-refractivity contribution in [3.05, 3.63) is 55.3 Å². The number of amides is 1. The monoisotopic (exact) mass is 696 g/mol. The standard InChI is InChI=1S/C26H23N3O12S4/c1-13(24-27(6-3-7-45(36,37)38)14-8-16-17(40-12-39-16)9-15(14)41-24)4-2-5-18-22(34)28(10-19(30)31)25(43-18)21-23(35)29(11-20(32)33)26(42)44-21/h2,4-5,8-9H,3,6-7,10-12H2,1H3,(H,30,31)(H,32,33)(H,36,37,38)/p-1/b4-2?,18-5?,24-13?,25-21+. The van der Waals surface area contributed by atoms with Gasteiger partial charge in [-0.05, 0) is 19.4 Å². The van der Waals surface area contributed by atoms with Gasteiger partial charge < -0.3 is 33.9 Å². The van der Waals surface area contributed by atoms with Crippen molar-refractivity contribution in [2.75, 3.05) is 30.5 Å². The van der Waals surface area contributed by atoms with E-state index in [4.69, 9.17) is 31.5 Å². The number of hydrogen-bond acceptors (Lipinski definition) is 14. The highest BCUT2D eigenvalue weighted by Gasteiger charge is 2.35. The van der Waals surface area contributed by atoms with Gasteiger partial charge in [0.25, 0.3) is 11.5 Å². The molecule has 19 heteroatoms. The van der Waals surface area contributed by atoms with Crippen LogP contribution in [0.25, 0.3) is 11.0 Å². The van der Waals surface area contributed by atoms with Gasteiger partial charge in [-0.15, -0.1) is 11.3 Å². The number of carbonyl (C=O) groups excluding carboxylic acids is 1. The zero-order valence-corrected chi connectivity index (χ0v) is 26.3. The van der Waals surface area contributed by atoms with Gasteiger partial charge in [-0.3, -0.25) is 28.6 Å². The van der Waals surface area contributed by atoms with Gasteiger partial charge >= 0.3 is 11.9 Å². The number of carbonyl (C=O) groups is 3. The van der Waals surface area contributed by atoms with E-state index in [1.807, 2.05) is 0 Å². The lowest BCUT2D eigenvalue weighted by atomic mass is 10.2. The summed E-state index contributed by atoms with van der Waals surface area (Å²) >= 11 is 6.75. The van der Waals surface area contributed by atoms with Crippen molar-refractivity contribution in [3.8, 4) is 17.2 Å². The number of aliphatic carboxylic acids is 2. The normalized spacial score (nSPS) is 18.7. The van der Waals surface area contributed by atoms with Crippen LogP contribution in [0, 0.1) is 0 Å². The molecule has 0 radical (unpaired) electrons. The molecule has 3 aliphatic rings. The summed E-state index contributed by atoms with van der Waals surface area (Å²) in [5, 5.41) is 18.5. The van der Waals surface area contributed by atoms with Gasteiger partial charge in [0, 0.05) is 30.0 Å². The van der Waals surface area contributed by atoms with Crippen LogP contribution in [0.15, 0.2) is 40.5 Å². The van der Waals surface area contributed by atoms with Crippen molar-refractivity contribution in [1.29, 1.82) is 0 Å². The minimum atomic E-state index is -4.44. The number of allylic oxidation sites excluding steroid dienone is 3. The quantitative estimate of drug-likeness (QED) is 0.251. The van der Waals surface area contributed by atoms with Gasteiger partial charge in [0.15, 0.2) is 17.2 Å². The smallest absolute Gasteiger partial charge is 0.323 e. The molecule has 1 aromatic carbocycles. The first-order valence-electron chi connectivity index (χ1n) is 12.9. The molecule has 0 saturated carbocycles. The number of carboxylic acids is 2. The Kier molecular flexibility index (Phi) is 9.08. The van der Waals surface area contributed by atoms with E-state index >= 15 is 0 Å². The second-order valence-electron chi connectivity index (χ2n) is 9.59. The van der Waals surface area contributed by atoms with Crippen LogP contribution in [0.1, 0.15) is 13.3 Å². The number of thioether (sulfide) groups is 1. The maximum absolute atomic E-state index is 13.2. The molecule has 0 atom stereocenters. The summed E-state index contributed by atoms with van der Waals surface area (Å²) in [6, 6.07) is 3.31. The van der Waals surface area contributed by atoms with Crippen LogP contribution < -0.4 is 33.9 Å². The molecule has 3 aliphatic heterocycles. The largest absolute Gasteiger partial charge is 0.748 e. The number of ether oxygens (including phenoxy) is 3. The fraction of sp³-hybridized carbons (Fsp3) is 0.269. The maximum Gasteiger partial charge on any atom is 0.323 e. The number of nitrogens with zero attached hydrogens (tertiary/aromatic N) is 3. The van der Waals surface area contributed by atoms with E-state index < -0.39 is 52.4 Å². The zero-order chi connectivity index (χ0) is 32.6. The van der Waals surface area contributed by atoms with E-state index in [2.05, 4.69) is 0 Å². The molecule has 0 spiro atoms. The summed E-state index contributed by atoms with van der Waals surface area (Å²) < 4.78 is 51.5. The lowest BCUT2D eigenvalue weighted by Gasteiger charge is -2.20. The van der Waals surface area contributed by atoms with Crippen molar-refractivity contribution in [1.82, 2.24) is 9.47 Å². The number of rotatable bonds is 10. The number of thiocarbonyl (C=S) groups is 1. The molecule has 45 heavy (non-hydrogen) atoms. The molecule has 2 aromatic rings. The third-order valence-electron chi connectivity index (χ3n) is 6.44. The number of carboxylic acid groups (broad SMARTS) is 2. The minimum absolute atomic E-state index is 0.0136. The van der Waals surface area contributed by atoms with E-state index in [9.17, 15) is 37.3 Å². The molecule has 0 unspecified atom stereocenters. The van der Waals surface area contributed by atoms with Gasteiger partial charge in [0.1, 0.15) is 27.0 Å². The van der Waals surface area contributed by atoms with Crippen LogP contribution in [-0.2, 0) is 31.0 Å². The molecule has 238 valence electrons. The Morgan fingerprint density at radius 3 is 2.44 bits per heavy atom. The first-order chi connectivity index (χ1) is 21.2. The Morgan fingerprint density at radius 2 is 1.78 bits per heavy atom. The summed E-state index contributed by atoms with van der Waals surface area (Å²) in [5.74, 6) is -2.27. The average Bonchev–Trinajstić information content (AvgIpc) is 3.69. The van der Waals surface area contributed by atoms with E-state index in [-0.39, 0.29) is 38.2 Å². The number of benzene rings is 1. The van der Waals surface area contributed by atoms with Crippen LogP contribution >= 0.6 is 35.3 Å². The van der Waals surface area contributed by atoms with Crippen molar-refractivity contribution in [2.24, 2.45) is 0 Å². The molecular weight excluding hydrogens is 675 g/mol. The number of thiazole rings is 1. The molecule has 2 N–H and O–H groups in total. The van der Waals surface area contributed by atoms with Crippen molar-refractivity contribution < 1.29 is 51.8 Å². The molecule has 1 fully saturated rings. The van der Waals surface area contributed by atoms with E-state index in [1.165, 1.54) is 12.2 Å². The minimum Gasteiger partial charge on any atom is -0.748 e. The Morgan fingerprint density at radius 1 is 1.09 bits per heavy atom. The first kappa shape index (κ1) is 32.2. The lowest BCUT2D eigenvalue weighted by molar-refractivity contribution is -0.140. The SMILES string of the molecule is CC(C=CC=c1s/c(=C2/SC(=S)N(CC(=O)O)C2=O)n(CC(=O)O)c1=O)=C1Oc2cc3c(cc2N1CCCS(=O)(=O)[O-])OCO3. The summed E-state index contributed by atoms with van der Waals surface area (Å²) in [5.41, 5.74) is 0.428. The van der Waals surface area contributed by atoms with Crippen molar-refractivity contribution in [2.45, 2.75) is 19.9 Å². The van der Waals surface area contributed by atoms with Gasteiger partial charge in [0.05, 0.1) is 20.3 Å². The predicted molar refractivity (Wildman–Crippen MR) is 164 cm³/mol. The van der Waals surface area contributed by atoms with Crippen LogP contribution in [0.5, 0.6) is 17.2 Å². The molecular formula is C26H22N3O12S4-. The highest BCUT2D eigenvalue weighted by atomic mass is 32.2. The second kappa shape index (κ2) is 12.7. The molecule has 5 rings (SSSR count). The fourth-order valence-electron chi connectivity index (χ4n) is 4.52. The lowest BCUT2D eigenvalue weighted by Crippen LogP contribution is -2.36. The number of hydrogen-bond donors (Lipinski definition) is 2. The van der Waals surface area contributed by atoms with Crippen LogP contribution in [0.4, 0.5) is 5.69 Å². The van der Waals surface area contributed by atoms with Gasteiger partial charge in [0.2, 0.25) is 12.7 Å². The van der Waals surface area contributed by atoms with E-state index in [1.54, 1.807) is 30.0 Å². The summed E-state index contributed by atoms with van der Waals surface area (Å²) in [6.45, 7) is 0.429. The highest BCUT2D eigenvalue weighted by Crippen LogP contribution is 2.48. The third-order valence-corrected chi connectivity index (χ3v) is 9.95. The number of anilines is 1. The Labute approximate surface area is 267 Å². The van der Waals surface area contributed by atoms with Gasteiger partial charge in [-0.25, -0.2) is 8.42 Å². The predicted octanol–water partition coefficient (Wildman–Crippen LogP) is 0.179. The van der Waals surface area contributed by atoms with Crippen molar-refractivity contribution >= 4 is 84.3 Å². The van der Waals surface area contributed by atoms with Crippen LogP contribution in [-0.4, -0.2) is 80.5 Å². The number of fused-ring (bicyclic) bond motifs is 2. The third kappa shape index (κ3) is 6.91. The zero-order valence-electron chi connectivity index (χ0n) is 23.1. The molecule has 15 nitrogen and oxygen atoms in total. The summed E-state index contributed by atoms with van der Waals surface area (Å²) in [7, 11) is -4.44. The fourth-order valence-corrected chi connectivity index (χ4v) is 7.47. The van der Waals surface area contributed by atoms with Crippen LogP contribution in [0.3, 0.4) is 0 Å². The van der Waals surface area contributed by atoms with E-state index in [0.717, 1.165) is 32.6 Å². The van der Waals surface area contributed by atoms with Crippen LogP contribution in [0.2, 0.25) is 0 Å². The van der Waals surface area contributed by atoms with E-state index in [0.29, 0.717) is 34.4 Å². The topological polar surface area (TPSA) is 205 Å². The van der Waals surface area contributed by atoms with Crippen molar-refractivity contribution in [3.63, 3.8) is 0 Å². The Balaban J connectivity index is 1.51. The molecule has 1 saturated heterocycles. The average molecular weight is 697 g/mol. The van der Waals surface area contributed by atoms with Gasteiger partial charge in [-0.2, -0.15) is 0 Å². The van der Waals surface area contributed by atoms with Gasteiger partial charge in [-0.1, -0.05) is 36.1 Å². The summed E-state index contributed by atoms with van der Waals surface area (Å²) in [4.78, 5) is 51.3. The molecule has 0 aliphatic carbocycles. The molecule has 0 bridgehead atoms. The maximum atomic E-state index is 13.2. The molecule has 4 heterocycles. The molecule has 1 amide bonds. The summed E-state index contributed by atoms with van der Waals surface area (Å²) in [6.07, 6.45) is 4.55. The second-order valence-corrected chi connectivity index (χ2v) is 13.8. The molecule has 1 aromatic heterocycles. The Bertz CT molecular complexity index is 1990. The Hall–Kier alpha value is -4.17. The highest BCUT2D eigenvalue weighted by molar-refractivity contribution is 8.30. The first-order valence-corrected chi connectivity index (χ1v) is 16.5.